The maximum atomic E-state index is 13.6. The molecule has 39 heteroatoms. The Morgan fingerprint density at radius 2 is 0.669 bits per heavy atom. The van der Waals surface area contributed by atoms with Gasteiger partial charge in [-0.2, -0.15) is 0 Å². The number of hydrogen-bond acceptors (Lipinski definition) is 27. The van der Waals surface area contributed by atoms with E-state index in [0.717, 1.165) is 77.0 Å². The minimum absolute atomic E-state index is 0.00783. The lowest BCUT2D eigenvalue weighted by Crippen LogP contribution is -2.42. The van der Waals surface area contributed by atoms with Crippen LogP contribution in [0.3, 0.4) is 0 Å². The number of esters is 2. The second-order valence-electron chi connectivity index (χ2n) is 33.8. The molecule has 1 aromatic rings. The van der Waals surface area contributed by atoms with Gasteiger partial charge in [0.1, 0.15) is 11.2 Å². The van der Waals surface area contributed by atoms with Gasteiger partial charge in [0.05, 0.1) is 129 Å². The number of benzene rings is 1. The highest BCUT2D eigenvalue weighted by Gasteiger charge is 2.29. The number of rotatable bonds is 84. The Morgan fingerprint density at radius 1 is 0.346 bits per heavy atom. The Hall–Kier alpha value is -8.80. The van der Waals surface area contributed by atoms with Crippen LogP contribution in [-0.4, -0.2) is 281 Å². The van der Waals surface area contributed by atoms with E-state index in [0.29, 0.717) is 149 Å². The maximum absolute atomic E-state index is 13.6. The Kier molecular flexibility index (Phi) is 71.3. The monoisotopic (exact) mass is 1850 g/mol. The Bertz CT molecular complexity index is 3330. The molecular weight excluding hydrogens is 1690 g/mol. The number of carboxylic acids is 2. The van der Waals surface area contributed by atoms with Crippen LogP contribution < -0.4 is 69.4 Å². The van der Waals surface area contributed by atoms with Gasteiger partial charge in [-0.05, 0) is 149 Å². The van der Waals surface area contributed by atoms with Crippen LogP contribution in [0.15, 0.2) is 18.2 Å². The summed E-state index contributed by atoms with van der Waals surface area (Å²) in [6, 6.07) is 2.38. The number of carbonyl (C=O) groups is 14. The molecule has 0 aliphatic heterocycles. The lowest BCUT2D eigenvalue weighted by Gasteiger charge is -2.27. The summed E-state index contributed by atoms with van der Waals surface area (Å²) in [5.41, 5.74) is 11.5. The van der Waals surface area contributed by atoms with Crippen molar-refractivity contribution in [2.45, 2.75) is 296 Å². The van der Waals surface area contributed by atoms with Gasteiger partial charge in [0.25, 0.3) is 0 Å². The van der Waals surface area contributed by atoms with Gasteiger partial charge in [-0.3, -0.25) is 62.3 Å². The highest BCUT2D eigenvalue weighted by molar-refractivity contribution is 5.93. The summed E-state index contributed by atoms with van der Waals surface area (Å²) in [4.78, 5) is 174. The third-order valence-corrected chi connectivity index (χ3v) is 19.4. The summed E-state index contributed by atoms with van der Waals surface area (Å²) in [5, 5.41) is 45.4. The first kappa shape index (κ1) is 119. The number of unbranched alkanes of at least 4 members (excludes halogenated alkanes) is 14. The molecule has 16 N–H and O–H groups in total. The number of carbonyl (C=O) groups excluding carboxylic acids is 12. The number of alkyl carbamates (subject to hydrolysis) is 1. The smallest absolute Gasteiger partial charge is 0.407 e. The van der Waals surface area contributed by atoms with Gasteiger partial charge in [0.2, 0.25) is 53.2 Å². The van der Waals surface area contributed by atoms with E-state index in [-0.39, 0.29) is 203 Å². The van der Waals surface area contributed by atoms with Crippen LogP contribution >= 0.6 is 0 Å². The van der Waals surface area contributed by atoms with Crippen LogP contribution in [0, 0.1) is 5.92 Å². The van der Waals surface area contributed by atoms with Crippen LogP contribution in [0.25, 0.3) is 0 Å². The highest BCUT2D eigenvalue weighted by atomic mass is 16.6. The number of hydrogen-bond donors (Lipinski definition) is 14. The van der Waals surface area contributed by atoms with E-state index < -0.39 is 82.9 Å². The fourth-order valence-electron chi connectivity index (χ4n) is 12.4. The second kappa shape index (κ2) is 77.8. The third-order valence-electron chi connectivity index (χ3n) is 19.4. The molecule has 39 nitrogen and oxygen atoms in total. The predicted molar refractivity (Wildman–Crippen MR) is 487 cm³/mol. The zero-order chi connectivity index (χ0) is 96.1. The van der Waals surface area contributed by atoms with Crippen molar-refractivity contribution in [1.82, 2.24) is 47.9 Å². The van der Waals surface area contributed by atoms with E-state index in [1.165, 1.54) is 6.07 Å². The summed E-state index contributed by atoms with van der Waals surface area (Å²) in [5.74, 6) is -5.44. The normalized spacial score (nSPS) is 12.3. The van der Waals surface area contributed by atoms with Gasteiger partial charge in [-0.1, -0.05) is 77.2 Å². The second-order valence-corrected chi connectivity index (χ2v) is 33.8. The Balaban J connectivity index is 2.44. The molecule has 4 atom stereocenters. The largest absolute Gasteiger partial charge is 0.481 e. The van der Waals surface area contributed by atoms with Crippen molar-refractivity contribution >= 4 is 88.8 Å². The first-order chi connectivity index (χ1) is 62.2. The third kappa shape index (κ3) is 75.8. The van der Waals surface area contributed by atoms with Gasteiger partial charge in [-0.15, -0.1) is 0 Å². The first-order valence-electron chi connectivity index (χ1n) is 46.8. The van der Waals surface area contributed by atoms with E-state index in [4.69, 9.17) is 73.8 Å². The number of nitrogens with one attached hydrogen (secondary N) is 10. The summed E-state index contributed by atoms with van der Waals surface area (Å²) in [7, 11) is 0. The molecule has 0 saturated heterocycles. The van der Waals surface area contributed by atoms with Crippen molar-refractivity contribution in [3.05, 3.63) is 23.8 Å². The number of nitrogens with two attached hydrogens (primary N) is 2. The van der Waals surface area contributed by atoms with Crippen molar-refractivity contribution in [2.75, 3.05) is 163 Å². The average Bonchev–Trinajstić information content (AvgIpc) is 0.835. The van der Waals surface area contributed by atoms with Gasteiger partial charge in [0, 0.05) is 123 Å². The quantitative estimate of drug-likeness (QED) is 0.0183. The summed E-state index contributed by atoms with van der Waals surface area (Å²) in [6.07, 6.45) is 17.6. The van der Waals surface area contributed by atoms with Crippen LogP contribution in [0.4, 0.5) is 10.5 Å². The molecule has 0 aromatic heterocycles. The van der Waals surface area contributed by atoms with Crippen molar-refractivity contribution in [2.24, 2.45) is 17.4 Å². The molecule has 746 valence electrons. The van der Waals surface area contributed by atoms with E-state index in [1.54, 1.807) is 60.6 Å². The molecule has 0 aliphatic carbocycles. The van der Waals surface area contributed by atoms with Crippen LogP contribution in [-0.2, 0) is 116 Å². The molecule has 0 spiro atoms. The molecule has 130 heavy (non-hydrogen) atoms. The number of ether oxygens (including phenoxy) is 11. The Labute approximate surface area is 769 Å². The number of carboxylic acid groups (broad SMARTS) is 2. The van der Waals surface area contributed by atoms with Crippen molar-refractivity contribution in [3.63, 3.8) is 0 Å². The molecule has 0 radical (unpaired) electrons. The molecule has 1 rings (SSSR count). The number of amides is 10. The SMILES string of the molecule is C[C@@H](C[C@H](Cc1ccc(OC(=O)CCCNC(=O)[C@H](N)CCCCNC(=O)CCOCCOCCNC(=O)CCOCCOCCNC(=O)CCCCCCCCCC(=O)O)c(NC(=O)CCCNC(=O)[C@@H](N)CCCCNC(=O)CCOCCOCCNC(=O)CCOCCOCCNC(=O)CCCCCCCCCC(=O)O)c1)NC(=O)OC(C)(C)C)C(=O)OC(C)(C)C. The zero-order valence-electron chi connectivity index (χ0n) is 78.8. The minimum Gasteiger partial charge on any atom is -0.481 e. The van der Waals surface area contributed by atoms with E-state index >= 15 is 0 Å². The average molecular weight is 1850 g/mol. The van der Waals surface area contributed by atoms with Crippen LogP contribution in [0.5, 0.6) is 5.75 Å². The van der Waals surface area contributed by atoms with Gasteiger partial charge >= 0.3 is 30.0 Å². The van der Waals surface area contributed by atoms with Crippen molar-refractivity contribution < 1.29 is 129 Å². The topological polar surface area (TPSA) is 553 Å². The molecule has 0 aliphatic rings. The minimum atomic E-state index is -0.846. The summed E-state index contributed by atoms with van der Waals surface area (Å²) >= 11 is 0. The maximum Gasteiger partial charge on any atom is 0.407 e. The molecule has 0 heterocycles. The first-order valence-corrected chi connectivity index (χ1v) is 46.8. The molecule has 0 fully saturated rings. The molecule has 0 bridgehead atoms. The standard InChI is InChI=1S/C91H160N12O27/c1-69(88(118)129-90(2,3)4)66-71(102-89(119)130-91(5,6)7)67-70-36-37-75(128-85(115)35-27-45-101-87(117)73(93)29-23-25-43-95-79(107)39-51-121-59-65-127-57-49-99-81(109)41-53-123-61-63-125-55-47-97-77(105)31-19-15-11-9-13-17-21-34-84(113)114)74(68-70)103-82(110)32-26-44-100-86(116)72(92)28-22-24-42-94-78(106)38-50-120-58-64-126-56-48-98-80(108)40-52-122-60-62-124-54-46-96-76(104)30-18-14-10-8-12-16-20-33-83(111)112/h36-37,68-69,71-73H,8-35,38-67,92-93H2,1-7H3,(H,94,106)(H,95,107)(H,96,104)(H,97,105)(H,98,108)(H,99,109)(H,100,116)(H,101,117)(H,102,119)(H,103,110)(H,111,112)(H,113,114)/t69-,71+,72-,73+/m0/s1. The summed E-state index contributed by atoms with van der Waals surface area (Å²) in [6.45, 7) is 18.8. The molecule has 10 amide bonds. The highest BCUT2D eigenvalue weighted by Crippen LogP contribution is 2.29. The Morgan fingerprint density at radius 3 is 1.04 bits per heavy atom. The number of anilines is 1. The van der Waals surface area contributed by atoms with Gasteiger partial charge < -0.3 is 127 Å². The lowest BCUT2D eigenvalue weighted by molar-refractivity contribution is -0.160. The molecule has 0 unspecified atom stereocenters. The van der Waals surface area contributed by atoms with Crippen LogP contribution in [0.1, 0.15) is 266 Å². The predicted octanol–water partition coefficient (Wildman–Crippen LogP) is 6.70. The fraction of sp³-hybridized carbons (Fsp3) is 0.780. The molecular formula is C91H160N12O27. The van der Waals surface area contributed by atoms with E-state index in [1.807, 2.05) is 0 Å². The van der Waals surface area contributed by atoms with E-state index in [2.05, 4.69) is 53.2 Å². The summed E-state index contributed by atoms with van der Waals surface area (Å²) < 4.78 is 60.9. The van der Waals surface area contributed by atoms with E-state index in [9.17, 15) is 67.1 Å². The van der Waals surface area contributed by atoms with Crippen molar-refractivity contribution in [3.8, 4) is 5.75 Å². The number of aliphatic carboxylic acids is 2. The molecule has 0 saturated carbocycles. The fourth-order valence-corrected chi connectivity index (χ4v) is 12.4. The molecule has 1 aromatic carbocycles. The van der Waals surface area contributed by atoms with Gasteiger partial charge in [-0.25, -0.2) is 4.79 Å². The van der Waals surface area contributed by atoms with Gasteiger partial charge in [0.15, 0.2) is 5.75 Å². The zero-order valence-corrected chi connectivity index (χ0v) is 78.8. The lowest BCUT2D eigenvalue weighted by atomic mass is 9.95. The van der Waals surface area contributed by atoms with Crippen molar-refractivity contribution in [1.29, 1.82) is 0 Å². The van der Waals surface area contributed by atoms with Crippen LogP contribution in [0.2, 0.25) is 0 Å².